The maximum absolute atomic E-state index is 12.3. The van der Waals surface area contributed by atoms with E-state index in [1.54, 1.807) is 35.6 Å². The standard InChI is InChI=1S/C13H13N5O/c14-13-16-7-10-3-6-18(8-11(10)17-13)12(19)9-1-4-15-5-2-9/h1-2,4-5,7H,3,6,8H2,(H2,14,16,17). The lowest BCUT2D eigenvalue weighted by Crippen LogP contribution is -2.36. The second kappa shape index (κ2) is 4.64. The van der Waals surface area contributed by atoms with Crippen molar-refractivity contribution >= 4 is 11.9 Å². The number of fused-ring (bicyclic) bond motifs is 1. The van der Waals surface area contributed by atoms with Gasteiger partial charge in [-0.3, -0.25) is 9.78 Å². The Kier molecular flexibility index (Phi) is 2.83. The molecule has 0 saturated carbocycles. The Hall–Kier alpha value is -2.50. The lowest BCUT2D eigenvalue weighted by molar-refractivity contribution is 0.0731. The van der Waals surface area contributed by atoms with Crippen LogP contribution in [0, 0.1) is 0 Å². The molecular formula is C13H13N5O. The number of pyridine rings is 1. The van der Waals surface area contributed by atoms with Gasteiger partial charge in [-0.1, -0.05) is 0 Å². The largest absolute Gasteiger partial charge is 0.368 e. The van der Waals surface area contributed by atoms with E-state index in [1.807, 2.05) is 0 Å². The molecule has 6 heteroatoms. The van der Waals surface area contributed by atoms with Gasteiger partial charge in [0.25, 0.3) is 5.91 Å². The monoisotopic (exact) mass is 255 g/mol. The molecule has 0 atom stereocenters. The van der Waals surface area contributed by atoms with Crippen LogP contribution in [0.3, 0.4) is 0 Å². The summed E-state index contributed by atoms with van der Waals surface area (Å²) in [6, 6.07) is 3.43. The van der Waals surface area contributed by atoms with E-state index in [-0.39, 0.29) is 11.9 Å². The first-order valence-corrected chi connectivity index (χ1v) is 6.03. The van der Waals surface area contributed by atoms with Gasteiger partial charge in [0.05, 0.1) is 12.2 Å². The molecule has 3 rings (SSSR count). The fourth-order valence-electron chi connectivity index (χ4n) is 2.17. The normalized spacial score (nSPS) is 14.0. The van der Waals surface area contributed by atoms with Crippen molar-refractivity contribution in [2.24, 2.45) is 0 Å². The third-order valence-electron chi connectivity index (χ3n) is 3.18. The molecule has 1 aliphatic heterocycles. The molecule has 3 heterocycles. The minimum Gasteiger partial charge on any atom is -0.368 e. The summed E-state index contributed by atoms with van der Waals surface area (Å²) in [5, 5.41) is 0. The zero-order valence-corrected chi connectivity index (χ0v) is 10.3. The van der Waals surface area contributed by atoms with Gasteiger partial charge in [-0.15, -0.1) is 0 Å². The van der Waals surface area contributed by atoms with Crippen molar-refractivity contribution in [2.45, 2.75) is 13.0 Å². The molecule has 0 unspecified atom stereocenters. The van der Waals surface area contributed by atoms with Crippen LogP contribution in [0.15, 0.2) is 30.7 Å². The summed E-state index contributed by atoms with van der Waals surface area (Å²) in [6.45, 7) is 1.14. The number of carbonyl (C=O) groups is 1. The van der Waals surface area contributed by atoms with E-state index >= 15 is 0 Å². The van der Waals surface area contributed by atoms with Crippen LogP contribution >= 0.6 is 0 Å². The Morgan fingerprint density at radius 1 is 1.32 bits per heavy atom. The van der Waals surface area contributed by atoms with Crippen LogP contribution in [-0.2, 0) is 13.0 Å². The number of rotatable bonds is 1. The zero-order valence-electron chi connectivity index (χ0n) is 10.3. The second-order valence-electron chi connectivity index (χ2n) is 4.41. The van der Waals surface area contributed by atoms with Crippen LogP contribution in [0.2, 0.25) is 0 Å². The van der Waals surface area contributed by atoms with E-state index < -0.39 is 0 Å². The number of nitrogen functional groups attached to an aromatic ring is 1. The van der Waals surface area contributed by atoms with Crippen molar-refractivity contribution in [3.63, 3.8) is 0 Å². The van der Waals surface area contributed by atoms with Gasteiger partial charge in [-0.25, -0.2) is 9.97 Å². The van der Waals surface area contributed by atoms with Gasteiger partial charge in [0.15, 0.2) is 0 Å². The molecule has 2 aromatic heterocycles. The Morgan fingerprint density at radius 2 is 2.11 bits per heavy atom. The molecular weight excluding hydrogens is 242 g/mol. The number of anilines is 1. The molecule has 6 nitrogen and oxygen atoms in total. The topological polar surface area (TPSA) is 85.0 Å². The summed E-state index contributed by atoms with van der Waals surface area (Å²) < 4.78 is 0. The number of hydrogen-bond donors (Lipinski definition) is 1. The van der Waals surface area contributed by atoms with Crippen LogP contribution in [0.5, 0.6) is 0 Å². The van der Waals surface area contributed by atoms with Gasteiger partial charge < -0.3 is 10.6 Å². The van der Waals surface area contributed by atoms with Crippen molar-refractivity contribution in [1.82, 2.24) is 19.9 Å². The zero-order chi connectivity index (χ0) is 13.2. The summed E-state index contributed by atoms with van der Waals surface area (Å²) in [5.74, 6) is 0.238. The predicted molar refractivity (Wildman–Crippen MR) is 69.1 cm³/mol. The number of nitrogens with two attached hydrogens (primary N) is 1. The lowest BCUT2D eigenvalue weighted by atomic mass is 10.1. The number of carbonyl (C=O) groups excluding carboxylic acids is 1. The number of hydrogen-bond acceptors (Lipinski definition) is 5. The molecule has 96 valence electrons. The minimum atomic E-state index is -0.00904. The molecule has 0 fully saturated rings. The molecule has 0 bridgehead atoms. The highest BCUT2D eigenvalue weighted by molar-refractivity contribution is 5.94. The first kappa shape index (κ1) is 11.6. The molecule has 0 spiro atoms. The first-order chi connectivity index (χ1) is 9.24. The summed E-state index contributed by atoms with van der Waals surface area (Å²) in [5.41, 5.74) is 8.12. The van der Waals surface area contributed by atoms with E-state index in [9.17, 15) is 4.79 Å². The van der Waals surface area contributed by atoms with Crippen molar-refractivity contribution in [3.8, 4) is 0 Å². The average Bonchev–Trinajstić information content (AvgIpc) is 2.46. The fourth-order valence-corrected chi connectivity index (χ4v) is 2.17. The smallest absolute Gasteiger partial charge is 0.254 e. The second-order valence-corrected chi connectivity index (χ2v) is 4.41. The third kappa shape index (κ3) is 2.24. The maximum Gasteiger partial charge on any atom is 0.254 e. The summed E-state index contributed by atoms with van der Waals surface area (Å²) in [4.78, 5) is 26.2. The average molecular weight is 255 g/mol. The van der Waals surface area contributed by atoms with E-state index in [0.717, 1.165) is 17.7 Å². The van der Waals surface area contributed by atoms with Crippen molar-refractivity contribution in [2.75, 3.05) is 12.3 Å². The molecule has 1 aliphatic rings. The minimum absolute atomic E-state index is 0.00904. The Morgan fingerprint density at radius 3 is 2.89 bits per heavy atom. The number of amides is 1. The van der Waals surface area contributed by atoms with E-state index in [4.69, 9.17) is 5.73 Å². The van der Waals surface area contributed by atoms with Crippen molar-refractivity contribution in [3.05, 3.63) is 47.5 Å². The Balaban J connectivity index is 1.84. The lowest BCUT2D eigenvalue weighted by Gasteiger charge is -2.27. The van der Waals surface area contributed by atoms with Crippen LogP contribution in [-0.4, -0.2) is 32.3 Å². The van der Waals surface area contributed by atoms with Gasteiger partial charge in [0.1, 0.15) is 0 Å². The molecule has 0 radical (unpaired) electrons. The molecule has 2 aromatic rings. The van der Waals surface area contributed by atoms with Gasteiger partial charge >= 0.3 is 0 Å². The van der Waals surface area contributed by atoms with E-state index in [1.165, 1.54) is 0 Å². The van der Waals surface area contributed by atoms with Gasteiger partial charge in [-0.05, 0) is 24.1 Å². The predicted octanol–water partition coefficient (Wildman–Crippen LogP) is 0.652. The molecule has 2 N–H and O–H groups in total. The van der Waals surface area contributed by atoms with E-state index in [2.05, 4.69) is 15.0 Å². The molecule has 1 amide bonds. The molecule has 0 aromatic carbocycles. The highest BCUT2D eigenvalue weighted by atomic mass is 16.2. The number of nitrogens with zero attached hydrogens (tertiary/aromatic N) is 4. The highest BCUT2D eigenvalue weighted by Crippen LogP contribution is 2.18. The van der Waals surface area contributed by atoms with Crippen LogP contribution in [0.4, 0.5) is 5.95 Å². The van der Waals surface area contributed by atoms with Crippen LogP contribution in [0.1, 0.15) is 21.6 Å². The maximum atomic E-state index is 12.3. The Bertz CT molecular complexity index is 614. The van der Waals surface area contributed by atoms with Gasteiger partial charge in [-0.2, -0.15) is 0 Å². The molecule has 0 aliphatic carbocycles. The van der Waals surface area contributed by atoms with Gasteiger partial charge in [0.2, 0.25) is 5.95 Å². The van der Waals surface area contributed by atoms with Crippen molar-refractivity contribution in [1.29, 1.82) is 0 Å². The molecule has 19 heavy (non-hydrogen) atoms. The third-order valence-corrected chi connectivity index (χ3v) is 3.18. The highest BCUT2D eigenvalue weighted by Gasteiger charge is 2.23. The van der Waals surface area contributed by atoms with Crippen LogP contribution in [0.25, 0.3) is 0 Å². The SMILES string of the molecule is Nc1ncc2c(n1)CN(C(=O)c1ccncc1)CC2. The van der Waals surface area contributed by atoms with Gasteiger partial charge in [0, 0.05) is 30.7 Å². The quantitative estimate of drug-likeness (QED) is 0.808. The summed E-state index contributed by atoms with van der Waals surface area (Å²) >= 11 is 0. The van der Waals surface area contributed by atoms with Crippen molar-refractivity contribution < 1.29 is 4.79 Å². The summed E-state index contributed by atoms with van der Waals surface area (Å²) in [7, 11) is 0. The summed E-state index contributed by atoms with van der Waals surface area (Å²) in [6.07, 6.45) is 5.73. The number of aromatic nitrogens is 3. The molecule has 0 saturated heterocycles. The first-order valence-electron chi connectivity index (χ1n) is 6.03. The van der Waals surface area contributed by atoms with Crippen LogP contribution < -0.4 is 5.73 Å². The van der Waals surface area contributed by atoms with E-state index in [0.29, 0.717) is 18.7 Å². The Labute approximate surface area is 110 Å². The fraction of sp³-hybridized carbons (Fsp3) is 0.231.